The van der Waals surface area contributed by atoms with Crippen LogP contribution in [0.1, 0.15) is 39.0 Å². The van der Waals surface area contributed by atoms with Crippen LogP contribution < -0.4 is 5.32 Å². The van der Waals surface area contributed by atoms with Gasteiger partial charge in [-0.25, -0.2) is 0 Å². The van der Waals surface area contributed by atoms with Gasteiger partial charge < -0.3 is 15.0 Å². The number of carbonyl (C=O) groups excluding carboxylic acids is 1. The molecule has 4 nitrogen and oxygen atoms in total. The normalized spacial score (nSPS) is 29.3. The molecule has 2 atom stereocenters. The standard InChI is InChI=1S/C14H26N2O2/c1-4-18-12-9-11(14(12)7-5-6-8-14)16(3)13(17)10-15-2/h11-12,15H,4-10H2,1-3H3. The average Bonchev–Trinajstić information content (AvgIpc) is 2.85. The Labute approximate surface area is 110 Å². The maximum Gasteiger partial charge on any atom is 0.236 e. The SMILES string of the molecule is CCOC1CC(N(C)C(=O)CNC)C12CCCC2. The maximum atomic E-state index is 12.0. The monoisotopic (exact) mass is 254 g/mol. The van der Waals surface area contributed by atoms with Gasteiger partial charge in [0.1, 0.15) is 0 Å². The van der Waals surface area contributed by atoms with Crippen molar-refractivity contribution in [1.29, 1.82) is 0 Å². The summed E-state index contributed by atoms with van der Waals surface area (Å²) in [6.45, 7) is 3.28. The number of likely N-dealkylation sites (N-methyl/N-ethyl adjacent to an activating group) is 2. The van der Waals surface area contributed by atoms with Crippen LogP contribution in [0.3, 0.4) is 0 Å². The summed E-state index contributed by atoms with van der Waals surface area (Å²) in [7, 11) is 3.77. The number of rotatable bonds is 5. The highest BCUT2D eigenvalue weighted by molar-refractivity contribution is 5.78. The first-order valence-electron chi connectivity index (χ1n) is 7.17. The molecule has 104 valence electrons. The van der Waals surface area contributed by atoms with Gasteiger partial charge in [0.15, 0.2) is 0 Å². The third-order valence-electron chi connectivity index (χ3n) is 4.83. The first kappa shape index (κ1) is 13.8. The van der Waals surface area contributed by atoms with Crippen molar-refractivity contribution in [2.24, 2.45) is 5.41 Å². The van der Waals surface area contributed by atoms with E-state index in [9.17, 15) is 4.79 Å². The van der Waals surface area contributed by atoms with Gasteiger partial charge in [0.05, 0.1) is 12.6 Å². The molecule has 0 bridgehead atoms. The molecule has 18 heavy (non-hydrogen) atoms. The van der Waals surface area contributed by atoms with E-state index in [0.29, 0.717) is 18.7 Å². The molecule has 2 fully saturated rings. The van der Waals surface area contributed by atoms with Crippen molar-refractivity contribution in [2.45, 2.75) is 51.2 Å². The number of amides is 1. The van der Waals surface area contributed by atoms with Gasteiger partial charge in [-0.3, -0.25) is 4.79 Å². The molecule has 1 amide bonds. The van der Waals surface area contributed by atoms with Gasteiger partial charge in [0.2, 0.25) is 5.91 Å². The Hall–Kier alpha value is -0.610. The van der Waals surface area contributed by atoms with Crippen LogP contribution in [0.15, 0.2) is 0 Å². The lowest BCUT2D eigenvalue weighted by Gasteiger charge is -2.57. The van der Waals surface area contributed by atoms with Crippen molar-refractivity contribution in [2.75, 3.05) is 27.2 Å². The lowest BCUT2D eigenvalue weighted by Crippen LogP contribution is -2.64. The van der Waals surface area contributed by atoms with E-state index in [4.69, 9.17) is 4.74 Å². The second kappa shape index (κ2) is 5.57. The molecule has 0 aliphatic heterocycles. The van der Waals surface area contributed by atoms with Crippen LogP contribution in [-0.2, 0) is 9.53 Å². The van der Waals surface area contributed by atoms with Crippen LogP contribution in [0.25, 0.3) is 0 Å². The van der Waals surface area contributed by atoms with Gasteiger partial charge in [-0.05, 0) is 33.2 Å². The van der Waals surface area contributed by atoms with Gasteiger partial charge in [-0.2, -0.15) is 0 Å². The quantitative estimate of drug-likeness (QED) is 0.806. The number of nitrogens with zero attached hydrogens (tertiary/aromatic N) is 1. The minimum absolute atomic E-state index is 0.198. The predicted molar refractivity (Wildman–Crippen MR) is 71.4 cm³/mol. The van der Waals surface area contributed by atoms with E-state index in [1.165, 1.54) is 25.7 Å². The van der Waals surface area contributed by atoms with Crippen molar-refractivity contribution in [1.82, 2.24) is 10.2 Å². The van der Waals surface area contributed by atoms with Crippen molar-refractivity contribution in [3.05, 3.63) is 0 Å². The van der Waals surface area contributed by atoms with Crippen molar-refractivity contribution < 1.29 is 9.53 Å². The molecule has 4 heteroatoms. The molecule has 0 aromatic carbocycles. The molecule has 2 rings (SSSR count). The van der Waals surface area contributed by atoms with Crippen LogP contribution in [-0.4, -0.2) is 50.2 Å². The summed E-state index contributed by atoms with van der Waals surface area (Å²) >= 11 is 0. The largest absolute Gasteiger partial charge is 0.378 e. The summed E-state index contributed by atoms with van der Waals surface area (Å²) in [6.07, 6.45) is 6.40. The molecule has 0 heterocycles. The molecule has 0 radical (unpaired) electrons. The molecular formula is C14H26N2O2. The van der Waals surface area contributed by atoms with Gasteiger partial charge in [0, 0.05) is 25.1 Å². The molecule has 2 saturated carbocycles. The Kier molecular flexibility index (Phi) is 4.28. The van der Waals surface area contributed by atoms with Gasteiger partial charge in [-0.15, -0.1) is 0 Å². The Bertz CT molecular complexity index is 300. The molecule has 2 aliphatic rings. The van der Waals surface area contributed by atoms with Crippen LogP contribution in [0.5, 0.6) is 0 Å². The molecule has 2 aliphatic carbocycles. The zero-order valence-corrected chi connectivity index (χ0v) is 11.9. The molecule has 1 N–H and O–H groups in total. The average molecular weight is 254 g/mol. The van der Waals surface area contributed by atoms with E-state index in [0.717, 1.165) is 13.0 Å². The summed E-state index contributed by atoms with van der Waals surface area (Å²) < 4.78 is 5.88. The second-order valence-corrected chi connectivity index (χ2v) is 5.67. The summed E-state index contributed by atoms with van der Waals surface area (Å²) in [5, 5.41) is 2.94. The van der Waals surface area contributed by atoms with Gasteiger partial charge in [-0.1, -0.05) is 12.8 Å². The zero-order valence-electron chi connectivity index (χ0n) is 11.9. The molecular weight excluding hydrogens is 228 g/mol. The number of carbonyl (C=O) groups is 1. The topological polar surface area (TPSA) is 41.6 Å². The summed E-state index contributed by atoms with van der Waals surface area (Å²) in [5.74, 6) is 0.198. The predicted octanol–water partition coefficient (Wildman–Crippen LogP) is 1.40. The van der Waals surface area contributed by atoms with Crippen LogP contribution in [0.4, 0.5) is 0 Å². The highest BCUT2D eigenvalue weighted by Crippen LogP contribution is 2.56. The fraction of sp³-hybridized carbons (Fsp3) is 0.929. The van der Waals surface area contributed by atoms with Crippen LogP contribution in [0, 0.1) is 5.41 Å². The lowest BCUT2D eigenvalue weighted by molar-refractivity contribution is -0.171. The summed E-state index contributed by atoms with van der Waals surface area (Å²) in [4.78, 5) is 14.0. The number of hydrogen-bond donors (Lipinski definition) is 1. The minimum atomic E-state index is 0.198. The zero-order chi connectivity index (χ0) is 13.2. The van der Waals surface area contributed by atoms with E-state index in [2.05, 4.69) is 12.2 Å². The molecule has 0 aromatic rings. The highest BCUT2D eigenvalue weighted by atomic mass is 16.5. The Morgan fingerprint density at radius 3 is 2.67 bits per heavy atom. The summed E-state index contributed by atoms with van der Waals surface area (Å²) in [6, 6.07) is 0.386. The Morgan fingerprint density at radius 2 is 2.11 bits per heavy atom. The third-order valence-corrected chi connectivity index (χ3v) is 4.83. The highest BCUT2D eigenvalue weighted by Gasteiger charge is 2.58. The van der Waals surface area contributed by atoms with Gasteiger partial charge >= 0.3 is 0 Å². The van der Waals surface area contributed by atoms with Crippen LogP contribution >= 0.6 is 0 Å². The number of ether oxygens (including phenoxy) is 1. The number of nitrogens with one attached hydrogen (secondary N) is 1. The van der Waals surface area contributed by atoms with Crippen molar-refractivity contribution in [3.63, 3.8) is 0 Å². The van der Waals surface area contributed by atoms with Crippen molar-refractivity contribution in [3.8, 4) is 0 Å². The van der Waals surface area contributed by atoms with E-state index in [-0.39, 0.29) is 11.3 Å². The smallest absolute Gasteiger partial charge is 0.236 e. The first-order chi connectivity index (χ1) is 8.65. The molecule has 2 unspecified atom stereocenters. The van der Waals surface area contributed by atoms with Gasteiger partial charge in [0.25, 0.3) is 0 Å². The third kappa shape index (κ3) is 2.16. The Morgan fingerprint density at radius 1 is 1.44 bits per heavy atom. The molecule has 0 saturated heterocycles. The summed E-state index contributed by atoms with van der Waals surface area (Å²) in [5.41, 5.74) is 0.258. The fourth-order valence-electron chi connectivity index (χ4n) is 3.84. The van der Waals surface area contributed by atoms with E-state index in [1.807, 2.05) is 19.0 Å². The first-order valence-corrected chi connectivity index (χ1v) is 7.17. The second-order valence-electron chi connectivity index (χ2n) is 5.67. The Balaban J connectivity index is 2.03. The van der Waals surface area contributed by atoms with Crippen LogP contribution in [0.2, 0.25) is 0 Å². The molecule has 1 spiro atoms. The fourth-order valence-corrected chi connectivity index (χ4v) is 3.84. The minimum Gasteiger partial charge on any atom is -0.378 e. The lowest BCUT2D eigenvalue weighted by atomic mass is 9.60. The van der Waals surface area contributed by atoms with Crippen molar-refractivity contribution >= 4 is 5.91 Å². The number of hydrogen-bond acceptors (Lipinski definition) is 3. The van der Waals surface area contributed by atoms with E-state index >= 15 is 0 Å². The van der Waals surface area contributed by atoms with E-state index in [1.54, 1.807) is 0 Å². The molecule has 0 aromatic heterocycles. The van der Waals surface area contributed by atoms with E-state index < -0.39 is 0 Å². The maximum absolute atomic E-state index is 12.0.